The van der Waals surface area contributed by atoms with Crippen LogP contribution in [0.2, 0.25) is 0 Å². The van der Waals surface area contributed by atoms with Crippen LogP contribution in [0.15, 0.2) is 83.8 Å². The molecule has 0 aliphatic carbocycles. The second kappa shape index (κ2) is 11.5. The number of rotatable bonds is 11. The average molecular weight is 469 g/mol. The number of hydrogen-bond donors (Lipinski definition) is 1. The van der Waals surface area contributed by atoms with Crippen molar-refractivity contribution in [3.05, 3.63) is 90.0 Å². The topological polar surface area (TPSA) is 84.9 Å². The van der Waals surface area contributed by atoms with E-state index in [4.69, 9.17) is 9.47 Å². The number of carbonyl (C=O) groups is 1. The molecule has 0 saturated carbocycles. The molecule has 0 atom stereocenters. The summed E-state index contributed by atoms with van der Waals surface area (Å²) in [6, 6.07) is 22.9. The second-order valence-electron chi connectivity index (χ2n) is 7.44. The molecule has 7 nitrogen and oxygen atoms in total. The fourth-order valence-corrected chi connectivity index (χ4v) is 4.56. The van der Waals surface area contributed by atoms with Crippen molar-refractivity contribution in [2.45, 2.75) is 18.4 Å². The Balaban J connectivity index is 1.80. The van der Waals surface area contributed by atoms with Gasteiger partial charge in [0.15, 0.2) is 6.61 Å². The number of amides is 1. The predicted octanol–water partition coefficient (Wildman–Crippen LogP) is 3.53. The Bertz CT molecular complexity index is 1130. The quantitative estimate of drug-likeness (QED) is 0.435. The van der Waals surface area contributed by atoms with E-state index >= 15 is 0 Å². The number of hydrogen-bond acceptors (Lipinski definition) is 5. The number of anilines is 1. The minimum absolute atomic E-state index is 0.140. The Morgan fingerprint density at radius 2 is 1.61 bits per heavy atom. The number of benzene rings is 3. The van der Waals surface area contributed by atoms with Crippen molar-refractivity contribution < 1.29 is 22.7 Å². The minimum atomic E-state index is -3.80. The zero-order chi connectivity index (χ0) is 23.7. The van der Waals surface area contributed by atoms with Gasteiger partial charge in [0.05, 0.1) is 23.7 Å². The van der Waals surface area contributed by atoms with Gasteiger partial charge in [-0.15, -0.1) is 0 Å². The van der Waals surface area contributed by atoms with Crippen LogP contribution in [-0.2, 0) is 26.1 Å². The van der Waals surface area contributed by atoms with Gasteiger partial charge in [0.25, 0.3) is 15.9 Å². The summed E-state index contributed by atoms with van der Waals surface area (Å²) < 4.78 is 38.8. The predicted molar refractivity (Wildman–Crippen MR) is 128 cm³/mol. The van der Waals surface area contributed by atoms with Crippen molar-refractivity contribution >= 4 is 21.6 Å². The Kier molecular flexibility index (Phi) is 8.46. The van der Waals surface area contributed by atoms with Crippen LogP contribution in [0.1, 0.15) is 11.1 Å². The van der Waals surface area contributed by atoms with Crippen LogP contribution in [-0.4, -0.2) is 41.2 Å². The number of carbonyl (C=O) groups excluding carboxylic acids is 1. The summed E-state index contributed by atoms with van der Waals surface area (Å²) in [5.41, 5.74) is 2.34. The highest BCUT2D eigenvalue weighted by Crippen LogP contribution is 2.28. The lowest BCUT2D eigenvalue weighted by molar-refractivity contribution is -0.123. The lowest BCUT2D eigenvalue weighted by Crippen LogP contribution is -2.31. The molecule has 174 valence electrons. The summed E-state index contributed by atoms with van der Waals surface area (Å²) in [7, 11) is -2.24. The summed E-state index contributed by atoms with van der Waals surface area (Å²) >= 11 is 0. The number of sulfonamides is 1. The fraction of sp³-hybridized carbons (Fsp3) is 0.240. The van der Waals surface area contributed by atoms with E-state index in [-0.39, 0.29) is 24.0 Å². The third-order valence-corrected chi connectivity index (χ3v) is 6.69. The number of nitrogens with one attached hydrogen (secondary N) is 1. The fourth-order valence-electron chi connectivity index (χ4n) is 3.10. The van der Waals surface area contributed by atoms with Crippen LogP contribution < -0.4 is 14.4 Å². The van der Waals surface area contributed by atoms with E-state index in [1.54, 1.807) is 55.6 Å². The monoisotopic (exact) mass is 468 g/mol. The first-order chi connectivity index (χ1) is 15.9. The van der Waals surface area contributed by atoms with E-state index in [9.17, 15) is 13.2 Å². The largest absolute Gasteiger partial charge is 0.484 e. The summed E-state index contributed by atoms with van der Waals surface area (Å²) in [5, 5.41) is 2.68. The molecule has 33 heavy (non-hydrogen) atoms. The molecule has 0 aliphatic heterocycles. The summed E-state index contributed by atoms with van der Waals surface area (Å²) in [6.45, 7) is 2.78. The molecule has 0 unspecified atom stereocenters. The molecular formula is C25H28N2O5S. The van der Waals surface area contributed by atoms with Gasteiger partial charge in [0, 0.05) is 13.7 Å². The van der Waals surface area contributed by atoms with Crippen LogP contribution in [0, 0.1) is 6.92 Å². The van der Waals surface area contributed by atoms with Crippen molar-refractivity contribution in [1.82, 2.24) is 5.32 Å². The second-order valence-corrected chi connectivity index (χ2v) is 9.30. The van der Waals surface area contributed by atoms with Crippen LogP contribution >= 0.6 is 0 Å². The number of ether oxygens (including phenoxy) is 2. The van der Waals surface area contributed by atoms with Gasteiger partial charge in [-0.25, -0.2) is 8.42 Å². The lowest BCUT2D eigenvalue weighted by Gasteiger charge is -2.25. The standard InChI is InChI=1S/C25H28N2O5S/c1-20-8-14-24(15-9-20)33(29,30)27(18-21-6-4-3-5-7-21)22-10-12-23(13-11-22)32-19-25(28)26-16-17-31-2/h3-15H,16-19H2,1-2H3,(H,26,28). The first kappa shape index (κ1) is 24.3. The van der Waals surface area contributed by atoms with E-state index in [0.29, 0.717) is 24.6 Å². The summed E-state index contributed by atoms with van der Waals surface area (Å²) in [6.07, 6.45) is 0. The Labute approximate surface area is 195 Å². The molecule has 0 spiro atoms. The highest BCUT2D eigenvalue weighted by molar-refractivity contribution is 7.92. The van der Waals surface area contributed by atoms with Crippen molar-refractivity contribution in [2.24, 2.45) is 0 Å². The molecule has 0 radical (unpaired) electrons. The van der Waals surface area contributed by atoms with Gasteiger partial charge in [-0.05, 0) is 48.9 Å². The molecule has 0 saturated heterocycles. The highest BCUT2D eigenvalue weighted by atomic mass is 32.2. The number of aryl methyl sites for hydroxylation is 1. The molecule has 3 aromatic carbocycles. The Morgan fingerprint density at radius 3 is 2.24 bits per heavy atom. The van der Waals surface area contributed by atoms with Gasteiger partial charge in [0.1, 0.15) is 5.75 Å². The van der Waals surface area contributed by atoms with Gasteiger partial charge >= 0.3 is 0 Å². The summed E-state index contributed by atoms with van der Waals surface area (Å²) in [5.74, 6) is 0.205. The zero-order valence-corrected chi connectivity index (χ0v) is 19.5. The normalized spacial score (nSPS) is 11.1. The van der Waals surface area contributed by atoms with Gasteiger partial charge in [0.2, 0.25) is 0 Å². The van der Waals surface area contributed by atoms with Gasteiger partial charge in [-0.3, -0.25) is 9.10 Å². The molecule has 1 N–H and O–H groups in total. The third-order valence-electron chi connectivity index (χ3n) is 4.90. The molecular weight excluding hydrogens is 440 g/mol. The molecule has 8 heteroatoms. The van der Waals surface area contributed by atoms with E-state index in [0.717, 1.165) is 11.1 Å². The molecule has 0 heterocycles. The lowest BCUT2D eigenvalue weighted by atomic mass is 10.2. The van der Waals surface area contributed by atoms with Crippen LogP contribution in [0.25, 0.3) is 0 Å². The highest BCUT2D eigenvalue weighted by Gasteiger charge is 2.25. The van der Waals surface area contributed by atoms with Crippen molar-refractivity contribution in [2.75, 3.05) is 31.2 Å². The molecule has 1 amide bonds. The van der Waals surface area contributed by atoms with Crippen LogP contribution in [0.4, 0.5) is 5.69 Å². The van der Waals surface area contributed by atoms with E-state index < -0.39 is 10.0 Å². The van der Waals surface area contributed by atoms with Crippen LogP contribution in [0.3, 0.4) is 0 Å². The molecule has 0 aromatic heterocycles. The van der Waals surface area contributed by atoms with Crippen LogP contribution in [0.5, 0.6) is 5.75 Å². The van der Waals surface area contributed by atoms with E-state index in [1.807, 2.05) is 37.3 Å². The van der Waals surface area contributed by atoms with Gasteiger partial charge in [-0.2, -0.15) is 0 Å². The summed E-state index contributed by atoms with van der Waals surface area (Å²) in [4.78, 5) is 12.0. The maximum absolute atomic E-state index is 13.5. The SMILES string of the molecule is COCCNC(=O)COc1ccc(N(Cc2ccccc2)S(=O)(=O)c2ccc(C)cc2)cc1. The van der Waals surface area contributed by atoms with Gasteiger partial charge < -0.3 is 14.8 Å². The molecule has 0 aliphatic rings. The van der Waals surface area contributed by atoms with Crippen molar-refractivity contribution in [1.29, 1.82) is 0 Å². The first-order valence-electron chi connectivity index (χ1n) is 10.5. The molecule has 3 rings (SSSR count). The first-order valence-corrected chi connectivity index (χ1v) is 12.0. The van der Waals surface area contributed by atoms with E-state index in [1.165, 1.54) is 4.31 Å². The smallest absolute Gasteiger partial charge is 0.264 e. The minimum Gasteiger partial charge on any atom is -0.484 e. The maximum atomic E-state index is 13.5. The Hall–Kier alpha value is -3.36. The number of nitrogens with zero attached hydrogens (tertiary/aromatic N) is 1. The maximum Gasteiger partial charge on any atom is 0.264 e. The van der Waals surface area contributed by atoms with Gasteiger partial charge in [-0.1, -0.05) is 48.0 Å². The number of methoxy groups -OCH3 is 1. The molecule has 0 bridgehead atoms. The molecule has 3 aromatic rings. The molecule has 0 fully saturated rings. The van der Waals surface area contributed by atoms with Crippen molar-refractivity contribution in [3.63, 3.8) is 0 Å². The van der Waals surface area contributed by atoms with E-state index in [2.05, 4.69) is 5.32 Å². The average Bonchev–Trinajstić information content (AvgIpc) is 2.83. The third kappa shape index (κ3) is 6.81. The zero-order valence-electron chi connectivity index (χ0n) is 18.7. The Morgan fingerprint density at radius 1 is 0.939 bits per heavy atom. The van der Waals surface area contributed by atoms with Crippen molar-refractivity contribution in [3.8, 4) is 5.75 Å².